The van der Waals surface area contributed by atoms with Gasteiger partial charge in [-0.05, 0) is 42.3 Å². The Hall–Kier alpha value is -3.22. The highest BCUT2D eigenvalue weighted by molar-refractivity contribution is 5.94. The Bertz CT molecular complexity index is 805. The molecule has 0 aliphatic carbocycles. The van der Waals surface area contributed by atoms with E-state index in [9.17, 15) is 9.59 Å². The summed E-state index contributed by atoms with van der Waals surface area (Å²) >= 11 is 0. The quantitative estimate of drug-likeness (QED) is 0.566. The summed E-state index contributed by atoms with van der Waals surface area (Å²) in [7, 11) is 3.04. The van der Waals surface area contributed by atoms with Crippen molar-refractivity contribution in [1.82, 2.24) is 10.6 Å². The van der Waals surface area contributed by atoms with Crippen LogP contribution in [0.25, 0.3) is 0 Å². The minimum Gasteiger partial charge on any atom is -0.493 e. The molecule has 156 valence electrons. The third-order valence-electron chi connectivity index (χ3n) is 4.21. The Morgan fingerprint density at radius 1 is 0.897 bits per heavy atom. The summed E-state index contributed by atoms with van der Waals surface area (Å²) in [5, 5.41) is 5.45. The smallest absolute Gasteiger partial charge is 0.258 e. The first-order valence-corrected chi connectivity index (χ1v) is 9.56. The second-order valence-electron chi connectivity index (χ2n) is 6.36. The number of hydrogen-bond acceptors (Lipinski definition) is 5. The maximum absolute atomic E-state index is 12.2. The second-order valence-corrected chi connectivity index (χ2v) is 6.36. The van der Waals surface area contributed by atoms with E-state index in [1.54, 1.807) is 18.2 Å². The number of carbonyl (C=O) groups is 2. The van der Waals surface area contributed by atoms with Gasteiger partial charge >= 0.3 is 0 Å². The number of aryl methyl sites for hydroxylation is 1. The van der Waals surface area contributed by atoms with Crippen LogP contribution in [-0.2, 0) is 11.2 Å². The molecule has 2 amide bonds. The van der Waals surface area contributed by atoms with E-state index in [0.717, 1.165) is 12.8 Å². The molecule has 0 aromatic heterocycles. The number of ether oxygens (including phenoxy) is 3. The monoisotopic (exact) mass is 400 g/mol. The lowest BCUT2D eigenvalue weighted by Gasteiger charge is -2.11. The fraction of sp³-hybridized carbons (Fsp3) is 0.364. The Balaban J connectivity index is 1.69. The molecule has 0 heterocycles. The van der Waals surface area contributed by atoms with E-state index in [0.29, 0.717) is 35.9 Å². The molecule has 2 rings (SSSR count). The van der Waals surface area contributed by atoms with Gasteiger partial charge in [-0.1, -0.05) is 25.5 Å². The van der Waals surface area contributed by atoms with E-state index >= 15 is 0 Å². The molecule has 0 atom stereocenters. The van der Waals surface area contributed by atoms with Gasteiger partial charge in [0.2, 0.25) is 0 Å². The van der Waals surface area contributed by atoms with Crippen molar-refractivity contribution < 1.29 is 23.8 Å². The number of hydrogen-bond donors (Lipinski definition) is 2. The van der Waals surface area contributed by atoms with Crippen LogP contribution in [0, 0.1) is 0 Å². The average molecular weight is 400 g/mol. The average Bonchev–Trinajstić information content (AvgIpc) is 2.75. The van der Waals surface area contributed by atoms with E-state index in [-0.39, 0.29) is 18.4 Å². The van der Waals surface area contributed by atoms with Gasteiger partial charge in [-0.15, -0.1) is 0 Å². The molecule has 0 radical (unpaired) electrons. The van der Waals surface area contributed by atoms with Crippen molar-refractivity contribution in [1.29, 1.82) is 0 Å². The Labute approximate surface area is 171 Å². The van der Waals surface area contributed by atoms with Gasteiger partial charge in [-0.25, -0.2) is 0 Å². The maximum Gasteiger partial charge on any atom is 0.258 e. The molecule has 0 unspecified atom stereocenters. The molecule has 2 aromatic rings. The highest BCUT2D eigenvalue weighted by atomic mass is 16.5. The zero-order valence-electron chi connectivity index (χ0n) is 17.1. The molecule has 2 aromatic carbocycles. The lowest BCUT2D eigenvalue weighted by Crippen LogP contribution is -2.36. The van der Waals surface area contributed by atoms with Crippen molar-refractivity contribution in [2.45, 2.75) is 19.8 Å². The van der Waals surface area contributed by atoms with Gasteiger partial charge in [0.05, 0.1) is 14.2 Å². The summed E-state index contributed by atoms with van der Waals surface area (Å²) in [6.45, 7) is 2.66. The number of methoxy groups -OCH3 is 2. The van der Waals surface area contributed by atoms with Gasteiger partial charge in [0.25, 0.3) is 11.8 Å². The Morgan fingerprint density at radius 2 is 1.59 bits per heavy atom. The van der Waals surface area contributed by atoms with Crippen LogP contribution < -0.4 is 24.8 Å². The highest BCUT2D eigenvalue weighted by Gasteiger charge is 2.10. The van der Waals surface area contributed by atoms with Crippen LogP contribution >= 0.6 is 0 Å². The van der Waals surface area contributed by atoms with Crippen LogP contribution in [0.2, 0.25) is 0 Å². The largest absolute Gasteiger partial charge is 0.493 e. The van der Waals surface area contributed by atoms with E-state index in [1.807, 2.05) is 24.3 Å². The summed E-state index contributed by atoms with van der Waals surface area (Å²) in [6, 6.07) is 12.6. The van der Waals surface area contributed by atoms with Gasteiger partial charge in [0, 0.05) is 18.7 Å². The molecule has 0 bridgehead atoms. The second kappa shape index (κ2) is 11.6. The zero-order chi connectivity index (χ0) is 21.1. The lowest BCUT2D eigenvalue weighted by atomic mass is 10.1. The summed E-state index contributed by atoms with van der Waals surface area (Å²) < 4.78 is 15.8. The maximum atomic E-state index is 12.2. The Kier molecular flexibility index (Phi) is 8.82. The number of rotatable bonds is 11. The molecular weight excluding hydrogens is 372 g/mol. The first-order chi connectivity index (χ1) is 14.1. The predicted octanol–water partition coefficient (Wildman–Crippen LogP) is 2.58. The molecule has 0 fully saturated rings. The van der Waals surface area contributed by atoms with Crippen LogP contribution in [0.5, 0.6) is 17.2 Å². The third kappa shape index (κ3) is 7.03. The van der Waals surface area contributed by atoms with Gasteiger partial charge in [-0.2, -0.15) is 0 Å². The van der Waals surface area contributed by atoms with Gasteiger partial charge in [0.1, 0.15) is 5.75 Å². The van der Waals surface area contributed by atoms with Crippen molar-refractivity contribution in [3.8, 4) is 17.2 Å². The fourth-order valence-corrected chi connectivity index (χ4v) is 2.70. The minimum absolute atomic E-state index is 0.0727. The summed E-state index contributed by atoms with van der Waals surface area (Å²) in [6.07, 6.45) is 2.11. The number of benzene rings is 2. The highest BCUT2D eigenvalue weighted by Crippen LogP contribution is 2.27. The van der Waals surface area contributed by atoms with E-state index < -0.39 is 0 Å². The van der Waals surface area contributed by atoms with Crippen molar-refractivity contribution in [2.24, 2.45) is 0 Å². The molecule has 0 saturated carbocycles. The van der Waals surface area contributed by atoms with Crippen molar-refractivity contribution in [3.05, 3.63) is 53.6 Å². The number of nitrogens with one attached hydrogen (secondary N) is 2. The van der Waals surface area contributed by atoms with Crippen LogP contribution in [0.1, 0.15) is 29.3 Å². The van der Waals surface area contributed by atoms with Gasteiger partial charge in [0.15, 0.2) is 18.1 Å². The Morgan fingerprint density at radius 3 is 2.24 bits per heavy atom. The molecule has 2 N–H and O–H groups in total. The lowest BCUT2D eigenvalue weighted by molar-refractivity contribution is -0.123. The van der Waals surface area contributed by atoms with Gasteiger partial charge < -0.3 is 24.8 Å². The van der Waals surface area contributed by atoms with Crippen molar-refractivity contribution in [2.75, 3.05) is 33.9 Å². The molecule has 29 heavy (non-hydrogen) atoms. The SMILES string of the molecule is CCCc1ccc(OCC(=O)NCCNC(=O)c2ccc(OC)c(OC)c2)cc1. The van der Waals surface area contributed by atoms with Crippen LogP contribution in [0.3, 0.4) is 0 Å². The van der Waals surface area contributed by atoms with Crippen molar-refractivity contribution in [3.63, 3.8) is 0 Å². The molecule has 7 heteroatoms. The van der Waals surface area contributed by atoms with Crippen molar-refractivity contribution >= 4 is 11.8 Å². The van der Waals surface area contributed by atoms with Gasteiger partial charge in [-0.3, -0.25) is 9.59 Å². The molecule has 7 nitrogen and oxygen atoms in total. The van der Waals surface area contributed by atoms with Crippen LogP contribution in [0.4, 0.5) is 0 Å². The summed E-state index contributed by atoms with van der Waals surface area (Å²) in [4.78, 5) is 24.1. The normalized spacial score (nSPS) is 10.2. The summed E-state index contributed by atoms with van der Waals surface area (Å²) in [5.41, 5.74) is 1.69. The molecule has 0 saturated heterocycles. The standard InChI is InChI=1S/C22H28N2O5/c1-4-5-16-6-9-18(10-7-16)29-15-21(25)23-12-13-24-22(26)17-8-11-19(27-2)20(14-17)28-3/h6-11,14H,4-5,12-13,15H2,1-3H3,(H,23,25)(H,24,26). The minimum atomic E-state index is -0.261. The van der Waals surface area contributed by atoms with E-state index in [1.165, 1.54) is 19.8 Å². The molecule has 0 spiro atoms. The molecule has 0 aliphatic heterocycles. The number of carbonyl (C=O) groups excluding carboxylic acids is 2. The first kappa shape index (κ1) is 22.1. The topological polar surface area (TPSA) is 85.9 Å². The van der Waals surface area contributed by atoms with Crippen LogP contribution in [0.15, 0.2) is 42.5 Å². The third-order valence-corrected chi connectivity index (χ3v) is 4.21. The number of amides is 2. The summed E-state index contributed by atoms with van der Waals surface area (Å²) in [5.74, 6) is 1.18. The predicted molar refractivity (Wildman–Crippen MR) is 111 cm³/mol. The van der Waals surface area contributed by atoms with E-state index in [4.69, 9.17) is 14.2 Å². The molecular formula is C22H28N2O5. The zero-order valence-corrected chi connectivity index (χ0v) is 17.1. The molecule has 0 aliphatic rings. The fourth-order valence-electron chi connectivity index (χ4n) is 2.70. The first-order valence-electron chi connectivity index (χ1n) is 9.56. The van der Waals surface area contributed by atoms with E-state index in [2.05, 4.69) is 17.6 Å². The van der Waals surface area contributed by atoms with Crippen LogP contribution in [-0.4, -0.2) is 45.7 Å².